The van der Waals surface area contributed by atoms with E-state index in [2.05, 4.69) is 20.3 Å². The van der Waals surface area contributed by atoms with Gasteiger partial charge in [0.15, 0.2) is 5.78 Å². The lowest BCUT2D eigenvalue weighted by atomic mass is 9.99. The third-order valence-electron chi connectivity index (χ3n) is 5.26. The second kappa shape index (κ2) is 7.68. The third-order valence-corrected chi connectivity index (χ3v) is 5.26. The van der Waals surface area contributed by atoms with Crippen molar-refractivity contribution >= 4 is 22.5 Å². The maximum atomic E-state index is 13.8. The monoisotopic (exact) mass is 411 g/mol. The number of nitrogens with one attached hydrogen (secondary N) is 1. The molecule has 0 aliphatic heterocycles. The first kappa shape index (κ1) is 19.0. The summed E-state index contributed by atoms with van der Waals surface area (Å²) in [6.07, 6.45) is 7.10. The van der Waals surface area contributed by atoms with Crippen molar-refractivity contribution in [1.82, 2.24) is 19.9 Å². The van der Waals surface area contributed by atoms with Crippen LogP contribution in [0.25, 0.3) is 22.2 Å². The Morgan fingerprint density at radius 2 is 2.00 bits per heavy atom. The van der Waals surface area contributed by atoms with Crippen molar-refractivity contribution in [3.05, 3.63) is 89.9 Å². The molecule has 7 heteroatoms. The molecule has 0 unspecified atom stereocenters. The summed E-state index contributed by atoms with van der Waals surface area (Å²) in [5, 5.41) is 4.02. The Kier molecular flexibility index (Phi) is 4.71. The lowest BCUT2D eigenvalue weighted by Gasteiger charge is -2.21. The van der Waals surface area contributed by atoms with Crippen molar-refractivity contribution in [2.24, 2.45) is 0 Å². The van der Waals surface area contributed by atoms with E-state index in [4.69, 9.17) is 4.98 Å². The number of fused-ring (bicyclic) bond motifs is 2. The lowest BCUT2D eigenvalue weighted by molar-refractivity contribution is 0.104. The molecule has 1 atom stereocenters. The Hall–Kier alpha value is -4.00. The van der Waals surface area contributed by atoms with Gasteiger partial charge in [0, 0.05) is 23.6 Å². The van der Waals surface area contributed by atoms with Gasteiger partial charge < -0.3 is 5.32 Å². The number of allylic oxidation sites excluding steroid dienone is 2. The summed E-state index contributed by atoms with van der Waals surface area (Å²) in [7, 11) is 0. The van der Waals surface area contributed by atoms with E-state index in [1.165, 1.54) is 18.5 Å². The zero-order chi connectivity index (χ0) is 21.4. The van der Waals surface area contributed by atoms with Gasteiger partial charge >= 0.3 is 0 Å². The fourth-order valence-electron chi connectivity index (χ4n) is 3.80. The van der Waals surface area contributed by atoms with Gasteiger partial charge in [-0.25, -0.2) is 19.3 Å². The normalized spacial score (nSPS) is 13.8. The topological polar surface area (TPSA) is 80.7 Å². The highest BCUT2D eigenvalue weighted by Crippen LogP contribution is 2.32. The highest BCUT2D eigenvalue weighted by Gasteiger charge is 2.23. The molecule has 1 aliphatic rings. The first-order valence-electron chi connectivity index (χ1n) is 9.93. The first-order chi connectivity index (χ1) is 15.1. The number of aromatic nitrogens is 4. The number of hydrogen-bond acceptors (Lipinski definition) is 6. The molecule has 4 aromatic rings. The number of hydrogen-bond donors (Lipinski definition) is 1. The average molecular weight is 411 g/mol. The zero-order valence-electron chi connectivity index (χ0n) is 16.7. The maximum absolute atomic E-state index is 13.8. The van der Waals surface area contributed by atoms with E-state index in [9.17, 15) is 9.18 Å². The number of ketones is 1. The third kappa shape index (κ3) is 3.54. The predicted octanol–water partition coefficient (Wildman–Crippen LogP) is 4.69. The summed E-state index contributed by atoms with van der Waals surface area (Å²) in [4.78, 5) is 30.3. The van der Waals surface area contributed by atoms with Crippen LogP contribution in [0.4, 0.5) is 10.2 Å². The summed E-state index contributed by atoms with van der Waals surface area (Å²) in [5.74, 6) is 0.0302. The number of rotatable bonds is 4. The SMILES string of the molecule is C[C@H](Nc1ncnc2c1C(=O)C=CC2)c1nc2ccc(F)cc2cc1-c1ccccn1. The molecule has 3 aromatic heterocycles. The molecule has 0 fully saturated rings. The molecule has 1 aliphatic carbocycles. The van der Waals surface area contributed by atoms with Crippen molar-refractivity contribution in [3.8, 4) is 11.3 Å². The molecule has 0 radical (unpaired) electrons. The van der Waals surface area contributed by atoms with Crippen LogP contribution in [-0.4, -0.2) is 25.7 Å². The van der Waals surface area contributed by atoms with Crippen LogP contribution in [0.1, 0.15) is 34.7 Å². The fraction of sp³-hybridized carbons (Fsp3) is 0.125. The van der Waals surface area contributed by atoms with E-state index in [0.717, 1.165) is 17.0 Å². The standard InChI is InChI=1S/C24H18FN5O/c1-14(29-24-22-20(27-13-28-24)6-4-7-21(22)31)23-17(19-5-2-3-10-26-19)12-15-11-16(25)8-9-18(15)30-23/h2-5,7-14H,6H2,1H3,(H,27,28,29)/t14-/m0/s1. The molecule has 0 bridgehead atoms. The van der Waals surface area contributed by atoms with Gasteiger partial charge in [0.2, 0.25) is 0 Å². The number of pyridine rings is 2. The molecule has 0 saturated heterocycles. The van der Waals surface area contributed by atoms with E-state index in [-0.39, 0.29) is 17.6 Å². The quantitative estimate of drug-likeness (QED) is 0.525. The lowest BCUT2D eigenvalue weighted by Crippen LogP contribution is -2.17. The summed E-state index contributed by atoms with van der Waals surface area (Å²) in [5.41, 5.74) is 4.10. The summed E-state index contributed by atoms with van der Waals surface area (Å²) in [6.45, 7) is 1.95. The van der Waals surface area contributed by atoms with Gasteiger partial charge in [0.1, 0.15) is 18.0 Å². The van der Waals surface area contributed by atoms with Crippen LogP contribution in [0.5, 0.6) is 0 Å². The number of carbonyl (C=O) groups excluding carboxylic acids is 1. The molecular weight excluding hydrogens is 393 g/mol. The van der Waals surface area contributed by atoms with E-state index >= 15 is 0 Å². The average Bonchev–Trinajstić information content (AvgIpc) is 2.79. The molecule has 0 spiro atoms. The Labute approximate surface area is 177 Å². The molecular formula is C24H18FN5O. The van der Waals surface area contributed by atoms with Crippen LogP contribution in [0.3, 0.4) is 0 Å². The molecule has 31 heavy (non-hydrogen) atoms. The van der Waals surface area contributed by atoms with Crippen molar-refractivity contribution < 1.29 is 9.18 Å². The molecule has 1 aromatic carbocycles. The molecule has 6 nitrogen and oxygen atoms in total. The van der Waals surface area contributed by atoms with Gasteiger partial charge in [-0.3, -0.25) is 9.78 Å². The largest absolute Gasteiger partial charge is 0.361 e. The smallest absolute Gasteiger partial charge is 0.191 e. The number of nitrogens with zero attached hydrogens (tertiary/aromatic N) is 4. The predicted molar refractivity (Wildman–Crippen MR) is 116 cm³/mol. The van der Waals surface area contributed by atoms with Crippen LogP contribution in [-0.2, 0) is 6.42 Å². The van der Waals surface area contributed by atoms with Crippen molar-refractivity contribution in [2.45, 2.75) is 19.4 Å². The van der Waals surface area contributed by atoms with Crippen LogP contribution >= 0.6 is 0 Å². The Balaban J connectivity index is 1.62. The molecule has 152 valence electrons. The van der Waals surface area contributed by atoms with E-state index in [1.54, 1.807) is 24.4 Å². The second-order valence-corrected chi connectivity index (χ2v) is 7.35. The fourth-order valence-corrected chi connectivity index (χ4v) is 3.80. The highest BCUT2D eigenvalue weighted by molar-refractivity contribution is 6.09. The van der Waals surface area contributed by atoms with Crippen LogP contribution < -0.4 is 5.32 Å². The molecule has 0 amide bonds. The highest BCUT2D eigenvalue weighted by atomic mass is 19.1. The van der Waals surface area contributed by atoms with E-state index in [1.807, 2.05) is 31.2 Å². The van der Waals surface area contributed by atoms with E-state index in [0.29, 0.717) is 34.4 Å². The molecule has 0 saturated carbocycles. The minimum atomic E-state index is -0.320. The number of carbonyl (C=O) groups is 1. The van der Waals surface area contributed by atoms with Gasteiger partial charge in [-0.05, 0) is 49.4 Å². The van der Waals surface area contributed by atoms with Crippen LogP contribution in [0.2, 0.25) is 0 Å². The number of halogens is 1. The molecule has 1 N–H and O–H groups in total. The number of benzene rings is 1. The summed E-state index contributed by atoms with van der Waals surface area (Å²) in [6, 6.07) is 11.7. The van der Waals surface area contributed by atoms with Gasteiger partial charge in [0.05, 0.1) is 34.2 Å². The van der Waals surface area contributed by atoms with Crippen molar-refractivity contribution in [1.29, 1.82) is 0 Å². The van der Waals surface area contributed by atoms with Gasteiger partial charge in [-0.1, -0.05) is 12.1 Å². The van der Waals surface area contributed by atoms with Crippen LogP contribution in [0.15, 0.2) is 67.1 Å². The van der Waals surface area contributed by atoms with Gasteiger partial charge in [-0.15, -0.1) is 0 Å². The number of anilines is 1. The summed E-state index contributed by atoms with van der Waals surface area (Å²) < 4.78 is 13.8. The van der Waals surface area contributed by atoms with Gasteiger partial charge in [0.25, 0.3) is 0 Å². The van der Waals surface area contributed by atoms with Crippen LogP contribution in [0, 0.1) is 5.82 Å². The van der Waals surface area contributed by atoms with Crippen molar-refractivity contribution in [3.63, 3.8) is 0 Å². The minimum absolute atomic E-state index is 0.122. The maximum Gasteiger partial charge on any atom is 0.191 e. The Bertz CT molecular complexity index is 1340. The summed E-state index contributed by atoms with van der Waals surface area (Å²) >= 11 is 0. The Morgan fingerprint density at radius 3 is 2.84 bits per heavy atom. The van der Waals surface area contributed by atoms with Gasteiger partial charge in [-0.2, -0.15) is 0 Å². The molecule has 5 rings (SSSR count). The molecule has 3 heterocycles. The first-order valence-corrected chi connectivity index (χ1v) is 9.93. The van der Waals surface area contributed by atoms with E-state index < -0.39 is 0 Å². The minimum Gasteiger partial charge on any atom is -0.361 e. The second-order valence-electron chi connectivity index (χ2n) is 7.35. The zero-order valence-corrected chi connectivity index (χ0v) is 16.7. The Morgan fingerprint density at radius 1 is 1.10 bits per heavy atom. The van der Waals surface area contributed by atoms with Crippen molar-refractivity contribution in [2.75, 3.05) is 5.32 Å².